The van der Waals surface area contributed by atoms with Crippen LogP contribution >= 0.6 is 0 Å². The highest BCUT2D eigenvalue weighted by Gasteiger charge is 1.98. The quantitative estimate of drug-likeness (QED) is 0.415. The molecule has 0 saturated carbocycles. The third-order valence-corrected chi connectivity index (χ3v) is 3.83. The highest BCUT2D eigenvalue weighted by molar-refractivity contribution is 5.72. The Morgan fingerprint density at radius 1 is 0.783 bits per heavy atom. The Kier molecular flexibility index (Phi) is 6.17. The predicted octanol–water partition coefficient (Wildman–Crippen LogP) is 6.93. The number of allylic oxidation sites excluding steroid dienone is 4. The zero-order chi connectivity index (χ0) is 16.7. The van der Waals surface area contributed by atoms with Gasteiger partial charge in [0.2, 0.25) is 0 Å². The first-order chi connectivity index (χ1) is 11.1. The van der Waals surface area contributed by atoms with E-state index in [-0.39, 0.29) is 0 Å². The summed E-state index contributed by atoms with van der Waals surface area (Å²) in [6.07, 6.45) is 9.78. The van der Waals surface area contributed by atoms with Crippen LogP contribution in [0, 0.1) is 6.92 Å². The second-order valence-corrected chi connectivity index (χ2v) is 6.16. The van der Waals surface area contributed by atoms with Crippen molar-refractivity contribution in [2.45, 2.75) is 34.1 Å². The lowest BCUT2D eigenvalue weighted by Crippen LogP contribution is -1.83. The Morgan fingerprint density at radius 3 is 1.78 bits per heavy atom. The predicted molar refractivity (Wildman–Crippen MR) is 104 cm³/mol. The van der Waals surface area contributed by atoms with Crippen molar-refractivity contribution >= 4 is 17.7 Å². The van der Waals surface area contributed by atoms with Crippen molar-refractivity contribution in [3.05, 3.63) is 88.5 Å². The molecule has 0 N–H and O–H groups in total. The van der Waals surface area contributed by atoms with Crippen molar-refractivity contribution in [3.63, 3.8) is 0 Å². The minimum absolute atomic E-state index is 1.04. The molecule has 0 radical (unpaired) electrons. The van der Waals surface area contributed by atoms with Gasteiger partial charge in [0.05, 0.1) is 0 Å². The minimum Gasteiger partial charge on any atom is -0.0764 e. The van der Waals surface area contributed by atoms with E-state index in [0.717, 1.165) is 6.42 Å². The summed E-state index contributed by atoms with van der Waals surface area (Å²) in [5.41, 5.74) is 7.76. The molecule has 0 saturated heterocycles. The third-order valence-electron chi connectivity index (χ3n) is 3.83. The Labute approximate surface area is 140 Å². The molecule has 0 bridgehead atoms. The van der Waals surface area contributed by atoms with Crippen LogP contribution in [0.25, 0.3) is 17.7 Å². The molecule has 0 atom stereocenters. The summed E-state index contributed by atoms with van der Waals surface area (Å²) in [4.78, 5) is 0. The maximum Gasteiger partial charge on any atom is -0.0224 e. The maximum absolute atomic E-state index is 2.23. The van der Waals surface area contributed by atoms with Gasteiger partial charge in [-0.2, -0.15) is 0 Å². The van der Waals surface area contributed by atoms with Gasteiger partial charge in [-0.05, 0) is 49.5 Å². The van der Waals surface area contributed by atoms with Crippen LogP contribution in [0.15, 0.2) is 66.3 Å². The number of benzene rings is 2. The van der Waals surface area contributed by atoms with E-state index >= 15 is 0 Å². The fourth-order valence-corrected chi connectivity index (χ4v) is 2.36. The van der Waals surface area contributed by atoms with Crippen LogP contribution in [-0.2, 0) is 0 Å². The molecular formula is C23H26. The topological polar surface area (TPSA) is 0 Å². The summed E-state index contributed by atoms with van der Waals surface area (Å²) in [6.45, 7) is 8.57. The van der Waals surface area contributed by atoms with Gasteiger partial charge < -0.3 is 0 Å². The Bertz CT molecular complexity index is 704. The normalized spacial score (nSPS) is 11.7. The number of aryl methyl sites for hydroxylation is 1. The first-order valence-electron chi connectivity index (χ1n) is 8.27. The molecule has 2 aromatic rings. The molecule has 23 heavy (non-hydrogen) atoms. The van der Waals surface area contributed by atoms with E-state index in [1.54, 1.807) is 0 Å². The lowest BCUT2D eigenvalue weighted by Gasteiger charge is -2.05. The van der Waals surface area contributed by atoms with Gasteiger partial charge in [-0.15, -0.1) is 0 Å². The summed E-state index contributed by atoms with van der Waals surface area (Å²) < 4.78 is 0. The molecule has 0 nitrogen and oxygen atoms in total. The van der Waals surface area contributed by atoms with E-state index in [1.807, 2.05) is 0 Å². The molecule has 0 heterocycles. The van der Waals surface area contributed by atoms with Crippen molar-refractivity contribution < 1.29 is 0 Å². The van der Waals surface area contributed by atoms with E-state index in [4.69, 9.17) is 0 Å². The van der Waals surface area contributed by atoms with Gasteiger partial charge in [0.15, 0.2) is 0 Å². The highest BCUT2D eigenvalue weighted by atomic mass is 14.0. The van der Waals surface area contributed by atoms with Crippen LogP contribution in [0.3, 0.4) is 0 Å². The summed E-state index contributed by atoms with van der Waals surface area (Å²) >= 11 is 0. The van der Waals surface area contributed by atoms with E-state index in [1.165, 1.54) is 33.4 Å². The average Bonchev–Trinajstić information content (AvgIpc) is 2.56. The summed E-state index contributed by atoms with van der Waals surface area (Å²) in [7, 11) is 0. The van der Waals surface area contributed by atoms with Crippen LogP contribution in [0.5, 0.6) is 0 Å². The Morgan fingerprint density at radius 2 is 1.30 bits per heavy atom. The van der Waals surface area contributed by atoms with Crippen molar-refractivity contribution in [1.29, 1.82) is 0 Å². The van der Waals surface area contributed by atoms with Gasteiger partial charge in [-0.1, -0.05) is 90.9 Å². The summed E-state index contributed by atoms with van der Waals surface area (Å²) in [5, 5.41) is 0. The Hall–Kier alpha value is -2.34. The van der Waals surface area contributed by atoms with Gasteiger partial charge in [-0.3, -0.25) is 0 Å². The fourth-order valence-electron chi connectivity index (χ4n) is 2.36. The summed E-state index contributed by atoms with van der Waals surface area (Å²) in [5.74, 6) is 0. The van der Waals surface area contributed by atoms with E-state index in [0.29, 0.717) is 0 Å². The first kappa shape index (κ1) is 17.0. The largest absolute Gasteiger partial charge is 0.0764 e. The van der Waals surface area contributed by atoms with E-state index in [9.17, 15) is 0 Å². The molecule has 2 aromatic carbocycles. The standard InChI is InChI=1S/C23H26/c1-5-22(15-6-18(2)3)23-16-13-21(14-17-23)12-11-20-9-7-19(4)8-10-20/h6-17H,5H2,1-4H3/b12-11-,22-15+. The molecule has 0 aromatic heterocycles. The molecular weight excluding hydrogens is 276 g/mol. The third kappa shape index (κ3) is 5.41. The van der Waals surface area contributed by atoms with Crippen LogP contribution in [0.1, 0.15) is 49.4 Å². The lowest BCUT2D eigenvalue weighted by molar-refractivity contribution is 1.24. The van der Waals surface area contributed by atoms with Crippen LogP contribution < -0.4 is 0 Å². The zero-order valence-corrected chi connectivity index (χ0v) is 14.6. The second kappa shape index (κ2) is 8.33. The zero-order valence-electron chi connectivity index (χ0n) is 14.6. The molecule has 2 rings (SSSR count). The molecule has 0 unspecified atom stereocenters. The molecule has 0 aliphatic heterocycles. The van der Waals surface area contributed by atoms with Crippen molar-refractivity contribution in [1.82, 2.24) is 0 Å². The first-order valence-corrected chi connectivity index (χ1v) is 8.27. The molecule has 0 heteroatoms. The number of hydrogen-bond donors (Lipinski definition) is 0. The second-order valence-electron chi connectivity index (χ2n) is 6.16. The Balaban J connectivity index is 2.14. The van der Waals surface area contributed by atoms with E-state index < -0.39 is 0 Å². The highest BCUT2D eigenvalue weighted by Crippen LogP contribution is 2.20. The van der Waals surface area contributed by atoms with Gasteiger partial charge in [0.25, 0.3) is 0 Å². The molecule has 0 fully saturated rings. The van der Waals surface area contributed by atoms with Gasteiger partial charge in [-0.25, -0.2) is 0 Å². The smallest absolute Gasteiger partial charge is 0.0224 e. The molecule has 0 spiro atoms. The maximum atomic E-state index is 2.23. The van der Waals surface area contributed by atoms with Crippen molar-refractivity contribution in [2.75, 3.05) is 0 Å². The minimum atomic E-state index is 1.04. The summed E-state index contributed by atoms with van der Waals surface area (Å²) in [6, 6.07) is 17.4. The van der Waals surface area contributed by atoms with Crippen LogP contribution in [0.2, 0.25) is 0 Å². The molecule has 118 valence electrons. The van der Waals surface area contributed by atoms with Crippen LogP contribution in [0.4, 0.5) is 0 Å². The monoisotopic (exact) mass is 302 g/mol. The van der Waals surface area contributed by atoms with Crippen molar-refractivity contribution in [3.8, 4) is 0 Å². The number of rotatable bonds is 5. The van der Waals surface area contributed by atoms with E-state index in [2.05, 4.69) is 101 Å². The van der Waals surface area contributed by atoms with Crippen LogP contribution in [-0.4, -0.2) is 0 Å². The van der Waals surface area contributed by atoms with Crippen molar-refractivity contribution in [2.24, 2.45) is 0 Å². The lowest BCUT2D eigenvalue weighted by atomic mass is 10.0. The van der Waals surface area contributed by atoms with Gasteiger partial charge >= 0.3 is 0 Å². The fraction of sp³-hybridized carbons (Fsp3) is 0.217. The molecule has 0 aliphatic rings. The SMILES string of the molecule is CC/C(=C\C=C(C)C)c1ccc(/C=C\c2ccc(C)cc2)cc1. The average molecular weight is 302 g/mol. The molecule has 0 amide bonds. The molecule has 0 aliphatic carbocycles. The number of hydrogen-bond acceptors (Lipinski definition) is 0. The van der Waals surface area contributed by atoms with Gasteiger partial charge in [0, 0.05) is 0 Å². The van der Waals surface area contributed by atoms with Gasteiger partial charge in [0.1, 0.15) is 0 Å².